The Kier molecular flexibility index (Phi) is 2.57. The molecule has 2 heterocycles. The SMILES string of the molecule is Cc1cccc(-c2cc3nc4c(c(Cl)n3n2)CCC4)c1. The Morgan fingerprint density at radius 3 is 2.95 bits per heavy atom. The summed E-state index contributed by atoms with van der Waals surface area (Å²) in [7, 11) is 0. The topological polar surface area (TPSA) is 30.2 Å². The second-order valence-corrected chi connectivity index (χ2v) is 5.71. The van der Waals surface area contributed by atoms with Crippen molar-refractivity contribution in [3.63, 3.8) is 0 Å². The summed E-state index contributed by atoms with van der Waals surface area (Å²) in [5, 5.41) is 5.35. The van der Waals surface area contributed by atoms with Crippen LogP contribution in [0.1, 0.15) is 23.2 Å². The molecule has 0 amide bonds. The lowest BCUT2D eigenvalue weighted by molar-refractivity contribution is 0.901. The van der Waals surface area contributed by atoms with Crippen molar-refractivity contribution in [1.29, 1.82) is 0 Å². The molecule has 1 aromatic carbocycles. The molecule has 20 heavy (non-hydrogen) atoms. The van der Waals surface area contributed by atoms with Crippen LogP contribution in [0.3, 0.4) is 0 Å². The van der Waals surface area contributed by atoms with Gasteiger partial charge in [-0.05, 0) is 32.3 Å². The molecule has 1 aliphatic rings. The Hall–Kier alpha value is -1.87. The molecule has 0 fully saturated rings. The summed E-state index contributed by atoms with van der Waals surface area (Å²) in [4.78, 5) is 4.70. The predicted molar refractivity (Wildman–Crippen MR) is 80.2 cm³/mol. The fourth-order valence-electron chi connectivity index (χ4n) is 2.88. The summed E-state index contributed by atoms with van der Waals surface area (Å²) in [6.07, 6.45) is 3.17. The van der Waals surface area contributed by atoms with Gasteiger partial charge in [-0.15, -0.1) is 0 Å². The van der Waals surface area contributed by atoms with E-state index in [0.717, 1.165) is 52.6 Å². The van der Waals surface area contributed by atoms with E-state index in [1.807, 2.05) is 12.1 Å². The zero-order valence-electron chi connectivity index (χ0n) is 11.2. The third-order valence-corrected chi connectivity index (χ3v) is 4.27. The van der Waals surface area contributed by atoms with Gasteiger partial charge < -0.3 is 0 Å². The summed E-state index contributed by atoms with van der Waals surface area (Å²) in [6, 6.07) is 10.3. The molecule has 1 aliphatic carbocycles. The predicted octanol–water partition coefficient (Wildman–Crippen LogP) is 3.85. The molecule has 0 unspecified atom stereocenters. The Balaban J connectivity index is 1.94. The number of benzene rings is 1. The number of hydrogen-bond acceptors (Lipinski definition) is 2. The van der Waals surface area contributed by atoms with Crippen LogP contribution in [-0.4, -0.2) is 14.6 Å². The number of fused-ring (bicyclic) bond motifs is 2. The van der Waals surface area contributed by atoms with Gasteiger partial charge in [0.2, 0.25) is 0 Å². The standard InChI is InChI=1S/C16H14ClN3/c1-10-4-2-5-11(8-10)14-9-15-18-13-7-3-6-12(13)16(17)20(15)19-14/h2,4-5,8-9H,3,6-7H2,1H3. The van der Waals surface area contributed by atoms with Crippen LogP contribution in [0, 0.1) is 6.92 Å². The molecule has 0 radical (unpaired) electrons. The molecule has 0 spiro atoms. The average Bonchev–Trinajstić information content (AvgIpc) is 3.05. The zero-order chi connectivity index (χ0) is 13.7. The highest BCUT2D eigenvalue weighted by Gasteiger charge is 2.20. The van der Waals surface area contributed by atoms with Crippen molar-refractivity contribution in [2.45, 2.75) is 26.2 Å². The first-order valence-electron chi connectivity index (χ1n) is 6.86. The molecule has 0 saturated carbocycles. The fourth-order valence-corrected chi connectivity index (χ4v) is 3.21. The van der Waals surface area contributed by atoms with Gasteiger partial charge in [0, 0.05) is 22.9 Å². The number of hydrogen-bond donors (Lipinski definition) is 0. The number of aryl methyl sites for hydroxylation is 2. The first-order valence-corrected chi connectivity index (χ1v) is 7.24. The third-order valence-electron chi connectivity index (χ3n) is 3.88. The smallest absolute Gasteiger partial charge is 0.157 e. The normalized spacial score (nSPS) is 13.9. The molecule has 0 atom stereocenters. The highest BCUT2D eigenvalue weighted by atomic mass is 35.5. The van der Waals surface area contributed by atoms with E-state index in [-0.39, 0.29) is 0 Å². The van der Waals surface area contributed by atoms with Crippen LogP contribution in [0.5, 0.6) is 0 Å². The number of nitrogens with zero attached hydrogens (tertiary/aromatic N) is 3. The highest BCUT2D eigenvalue weighted by Crippen LogP contribution is 2.30. The van der Waals surface area contributed by atoms with E-state index >= 15 is 0 Å². The molecule has 4 heteroatoms. The molecule has 3 aromatic rings. The lowest BCUT2D eigenvalue weighted by atomic mass is 10.1. The minimum absolute atomic E-state index is 0.724. The van der Waals surface area contributed by atoms with Gasteiger partial charge in [-0.25, -0.2) is 9.50 Å². The van der Waals surface area contributed by atoms with E-state index in [1.165, 1.54) is 5.56 Å². The molecule has 0 N–H and O–H groups in total. The largest absolute Gasteiger partial charge is 0.233 e. The summed E-state index contributed by atoms with van der Waals surface area (Å²) < 4.78 is 1.77. The third kappa shape index (κ3) is 1.74. The monoisotopic (exact) mass is 283 g/mol. The van der Waals surface area contributed by atoms with Gasteiger partial charge in [-0.2, -0.15) is 5.10 Å². The van der Waals surface area contributed by atoms with Crippen molar-refractivity contribution in [2.75, 3.05) is 0 Å². The van der Waals surface area contributed by atoms with Crippen molar-refractivity contribution in [2.24, 2.45) is 0 Å². The van der Waals surface area contributed by atoms with Crippen LogP contribution >= 0.6 is 11.6 Å². The van der Waals surface area contributed by atoms with Crippen LogP contribution in [0.4, 0.5) is 0 Å². The quantitative estimate of drug-likeness (QED) is 0.635. The minimum atomic E-state index is 0.724. The lowest BCUT2D eigenvalue weighted by Crippen LogP contribution is -1.99. The van der Waals surface area contributed by atoms with Crippen molar-refractivity contribution >= 4 is 17.2 Å². The Morgan fingerprint density at radius 1 is 1.20 bits per heavy atom. The van der Waals surface area contributed by atoms with Crippen molar-refractivity contribution in [3.05, 3.63) is 52.3 Å². The maximum atomic E-state index is 6.48. The van der Waals surface area contributed by atoms with Crippen LogP contribution in [0.15, 0.2) is 30.3 Å². The number of aromatic nitrogens is 3. The van der Waals surface area contributed by atoms with E-state index in [2.05, 4.69) is 30.2 Å². The second-order valence-electron chi connectivity index (χ2n) is 5.35. The van der Waals surface area contributed by atoms with Crippen molar-refractivity contribution in [3.8, 4) is 11.3 Å². The van der Waals surface area contributed by atoms with Gasteiger partial charge in [0.25, 0.3) is 0 Å². The van der Waals surface area contributed by atoms with Crippen molar-refractivity contribution in [1.82, 2.24) is 14.6 Å². The van der Waals surface area contributed by atoms with Gasteiger partial charge >= 0.3 is 0 Å². The molecule has 2 aromatic heterocycles. The maximum absolute atomic E-state index is 6.48. The molecule has 3 nitrogen and oxygen atoms in total. The summed E-state index contributed by atoms with van der Waals surface area (Å²) in [6.45, 7) is 2.08. The molecule has 0 bridgehead atoms. The molecular weight excluding hydrogens is 270 g/mol. The van der Waals surface area contributed by atoms with Gasteiger partial charge in [-0.3, -0.25) is 0 Å². The second kappa shape index (κ2) is 4.32. The van der Waals surface area contributed by atoms with E-state index < -0.39 is 0 Å². The zero-order valence-corrected chi connectivity index (χ0v) is 12.0. The van der Waals surface area contributed by atoms with Crippen LogP contribution in [-0.2, 0) is 12.8 Å². The van der Waals surface area contributed by atoms with Gasteiger partial charge in [0.05, 0.1) is 5.69 Å². The van der Waals surface area contributed by atoms with E-state index in [9.17, 15) is 0 Å². The minimum Gasteiger partial charge on any atom is -0.233 e. The number of halogens is 1. The van der Waals surface area contributed by atoms with Gasteiger partial charge in [0.1, 0.15) is 5.15 Å². The van der Waals surface area contributed by atoms with Crippen LogP contribution in [0.2, 0.25) is 5.15 Å². The molecule has 0 aliphatic heterocycles. The summed E-state index contributed by atoms with van der Waals surface area (Å²) >= 11 is 6.48. The first-order chi connectivity index (χ1) is 9.72. The highest BCUT2D eigenvalue weighted by molar-refractivity contribution is 6.30. The Labute approximate surface area is 122 Å². The first kappa shape index (κ1) is 11.9. The van der Waals surface area contributed by atoms with E-state index in [4.69, 9.17) is 16.6 Å². The molecular formula is C16H14ClN3. The Morgan fingerprint density at radius 2 is 2.10 bits per heavy atom. The molecule has 100 valence electrons. The maximum Gasteiger partial charge on any atom is 0.157 e. The van der Waals surface area contributed by atoms with Gasteiger partial charge in [-0.1, -0.05) is 35.4 Å². The Bertz CT molecular complexity index is 820. The summed E-state index contributed by atoms with van der Waals surface area (Å²) in [5.41, 5.74) is 6.39. The fraction of sp³-hybridized carbons (Fsp3) is 0.250. The lowest BCUT2D eigenvalue weighted by Gasteiger charge is -2.03. The summed E-state index contributed by atoms with van der Waals surface area (Å²) in [5.74, 6) is 0. The average molecular weight is 284 g/mol. The van der Waals surface area contributed by atoms with E-state index in [0.29, 0.717) is 0 Å². The van der Waals surface area contributed by atoms with E-state index in [1.54, 1.807) is 4.52 Å². The van der Waals surface area contributed by atoms with Crippen molar-refractivity contribution < 1.29 is 0 Å². The number of rotatable bonds is 1. The van der Waals surface area contributed by atoms with Crippen LogP contribution in [0.25, 0.3) is 16.9 Å². The molecule has 4 rings (SSSR count). The van der Waals surface area contributed by atoms with Gasteiger partial charge in [0.15, 0.2) is 5.65 Å². The van der Waals surface area contributed by atoms with Crippen LogP contribution < -0.4 is 0 Å². The molecule has 0 saturated heterocycles.